The molecule has 2 aliphatic carbocycles. The van der Waals surface area contributed by atoms with E-state index in [1.165, 1.54) is 77.3 Å². The smallest absolute Gasteiger partial charge is 0.0543 e. The number of hydrogen-bond donors (Lipinski definition) is 0. The Bertz CT molecular complexity index is 3100. The number of hydrogen-bond acceptors (Lipinski definition) is 2. The molecular formula is C57H46N2. The fourth-order valence-corrected chi connectivity index (χ4v) is 10.5. The monoisotopic (exact) mass is 758 g/mol. The quantitative estimate of drug-likeness (QED) is 0.167. The number of aryl methyl sites for hydroxylation is 1. The molecule has 2 heteroatoms. The fraction of sp³-hybridized carbons (Fsp3) is 0.123. The molecule has 0 aromatic heterocycles. The minimum Gasteiger partial charge on any atom is -0.310 e. The molecule has 0 spiro atoms. The topological polar surface area (TPSA) is 6.48 Å². The number of para-hydroxylation sites is 2. The van der Waals surface area contributed by atoms with Gasteiger partial charge < -0.3 is 9.80 Å². The normalized spacial score (nSPS) is 14.1. The van der Waals surface area contributed by atoms with Gasteiger partial charge in [0.25, 0.3) is 0 Å². The van der Waals surface area contributed by atoms with E-state index in [0.717, 1.165) is 28.4 Å². The Morgan fingerprint density at radius 2 is 0.847 bits per heavy atom. The number of nitrogens with zero attached hydrogens (tertiary/aromatic N) is 2. The van der Waals surface area contributed by atoms with Gasteiger partial charge in [0.1, 0.15) is 0 Å². The van der Waals surface area contributed by atoms with E-state index in [4.69, 9.17) is 0 Å². The lowest BCUT2D eigenvalue weighted by Crippen LogP contribution is -2.24. The van der Waals surface area contributed by atoms with Crippen molar-refractivity contribution in [2.75, 3.05) is 9.80 Å². The van der Waals surface area contributed by atoms with Crippen molar-refractivity contribution in [1.82, 2.24) is 0 Å². The van der Waals surface area contributed by atoms with Crippen molar-refractivity contribution in [2.45, 2.75) is 45.4 Å². The molecule has 0 saturated carbocycles. The molecule has 9 aromatic rings. The maximum atomic E-state index is 2.51. The lowest BCUT2D eigenvalue weighted by molar-refractivity contribution is 0.601. The molecule has 0 aliphatic heterocycles. The fourth-order valence-electron chi connectivity index (χ4n) is 10.5. The number of anilines is 6. The second-order valence-corrected chi connectivity index (χ2v) is 17.4. The Kier molecular flexibility index (Phi) is 7.81. The summed E-state index contributed by atoms with van der Waals surface area (Å²) in [6.45, 7) is 12.0. The third kappa shape index (κ3) is 5.26. The Hall–Kier alpha value is -6.90. The lowest BCUT2D eigenvalue weighted by Gasteiger charge is -2.32. The molecule has 2 nitrogen and oxygen atoms in total. The standard InChI is InChI=1S/C57H46N2/c1-37-27-32-44-47-33-34-48-53-46-25-15-14-24-45(46)52(36-50(53)57(4,5)55(48)54(47)56(2,3)49(44)35-37)59(40-21-10-7-11-22-40)42-30-28-41(29-31-42)58(39-19-8-6-9-20-39)51-26-16-18-38-17-12-13-23-43(38)51/h6-36H,1-5H3. The van der Waals surface area contributed by atoms with Crippen LogP contribution in [-0.4, -0.2) is 0 Å². The summed E-state index contributed by atoms with van der Waals surface area (Å²) in [4.78, 5) is 4.84. The van der Waals surface area contributed by atoms with E-state index in [-0.39, 0.29) is 10.8 Å². The first-order valence-corrected chi connectivity index (χ1v) is 20.9. The van der Waals surface area contributed by atoms with Gasteiger partial charge in [-0.1, -0.05) is 161 Å². The van der Waals surface area contributed by atoms with Gasteiger partial charge in [-0.25, -0.2) is 0 Å². The minimum atomic E-state index is -0.232. The van der Waals surface area contributed by atoms with Crippen molar-refractivity contribution in [3.8, 4) is 22.3 Å². The first kappa shape index (κ1) is 35.3. The summed E-state index contributed by atoms with van der Waals surface area (Å²) in [6, 6.07) is 69.4. The molecular weight excluding hydrogens is 713 g/mol. The van der Waals surface area contributed by atoms with Gasteiger partial charge in [0, 0.05) is 44.4 Å². The number of benzene rings is 9. The maximum Gasteiger partial charge on any atom is 0.0543 e. The van der Waals surface area contributed by atoms with Crippen LogP contribution in [0, 0.1) is 6.92 Å². The summed E-state index contributed by atoms with van der Waals surface area (Å²) in [5, 5.41) is 4.97. The van der Waals surface area contributed by atoms with Crippen molar-refractivity contribution >= 4 is 55.7 Å². The van der Waals surface area contributed by atoms with Gasteiger partial charge in [0.15, 0.2) is 0 Å². The van der Waals surface area contributed by atoms with E-state index in [9.17, 15) is 0 Å². The van der Waals surface area contributed by atoms with Crippen LogP contribution in [0.5, 0.6) is 0 Å². The third-order valence-electron chi connectivity index (χ3n) is 13.2. The van der Waals surface area contributed by atoms with E-state index in [1.807, 2.05) is 0 Å². The summed E-state index contributed by atoms with van der Waals surface area (Å²) >= 11 is 0. The zero-order valence-corrected chi connectivity index (χ0v) is 34.3. The first-order chi connectivity index (χ1) is 28.7. The summed E-state index contributed by atoms with van der Waals surface area (Å²) in [5.74, 6) is 0. The largest absolute Gasteiger partial charge is 0.310 e. The molecule has 0 bridgehead atoms. The van der Waals surface area contributed by atoms with Crippen molar-refractivity contribution in [3.63, 3.8) is 0 Å². The number of fused-ring (bicyclic) bond motifs is 10. The molecule has 0 fully saturated rings. The van der Waals surface area contributed by atoms with Crippen LogP contribution in [0.3, 0.4) is 0 Å². The SMILES string of the molecule is Cc1ccc2c(c1)C(C)(C)c1c-2ccc2c1C(C)(C)c1cc(N(c3ccccc3)c3ccc(N(c4ccccc4)c4cccc5ccccc45)cc3)c3ccccc3c1-2. The van der Waals surface area contributed by atoms with Gasteiger partial charge in [0.2, 0.25) is 0 Å². The average molecular weight is 759 g/mol. The average Bonchev–Trinajstić information content (AvgIpc) is 3.64. The second kappa shape index (κ2) is 13.1. The van der Waals surface area contributed by atoms with Gasteiger partial charge in [0.05, 0.1) is 11.4 Å². The molecule has 284 valence electrons. The maximum absolute atomic E-state index is 2.51. The molecule has 0 amide bonds. The molecule has 59 heavy (non-hydrogen) atoms. The molecule has 0 saturated heterocycles. The minimum absolute atomic E-state index is 0.114. The highest BCUT2D eigenvalue weighted by Gasteiger charge is 2.46. The highest BCUT2D eigenvalue weighted by molar-refractivity contribution is 6.11. The van der Waals surface area contributed by atoms with Crippen LogP contribution in [0.2, 0.25) is 0 Å². The third-order valence-corrected chi connectivity index (χ3v) is 13.2. The van der Waals surface area contributed by atoms with Gasteiger partial charge in [-0.15, -0.1) is 0 Å². The van der Waals surface area contributed by atoms with Crippen molar-refractivity contribution in [3.05, 3.63) is 216 Å². The van der Waals surface area contributed by atoms with Crippen molar-refractivity contribution in [1.29, 1.82) is 0 Å². The molecule has 11 rings (SSSR count). The van der Waals surface area contributed by atoms with Gasteiger partial charge >= 0.3 is 0 Å². The zero-order chi connectivity index (χ0) is 40.0. The van der Waals surface area contributed by atoms with E-state index in [1.54, 1.807) is 0 Å². The first-order valence-electron chi connectivity index (χ1n) is 20.9. The molecule has 0 heterocycles. The summed E-state index contributed by atoms with van der Waals surface area (Å²) in [7, 11) is 0. The Balaban J connectivity index is 1.10. The van der Waals surface area contributed by atoms with Crippen LogP contribution in [0.15, 0.2) is 188 Å². The predicted molar refractivity (Wildman–Crippen MR) is 251 cm³/mol. The highest BCUT2D eigenvalue weighted by Crippen LogP contribution is 2.61. The van der Waals surface area contributed by atoms with Crippen molar-refractivity contribution < 1.29 is 0 Å². The van der Waals surface area contributed by atoms with E-state index in [2.05, 4.69) is 232 Å². The van der Waals surface area contributed by atoms with Crippen LogP contribution in [-0.2, 0) is 10.8 Å². The lowest BCUT2D eigenvalue weighted by atomic mass is 9.72. The summed E-state index contributed by atoms with van der Waals surface area (Å²) in [5.41, 5.74) is 19.0. The molecule has 0 atom stereocenters. The molecule has 2 aliphatic rings. The van der Waals surface area contributed by atoms with Gasteiger partial charge in [-0.05, 0) is 123 Å². The van der Waals surface area contributed by atoms with Crippen LogP contribution >= 0.6 is 0 Å². The zero-order valence-electron chi connectivity index (χ0n) is 34.3. The highest BCUT2D eigenvalue weighted by atomic mass is 15.2. The van der Waals surface area contributed by atoms with Gasteiger partial charge in [-0.3, -0.25) is 0 Å². The summed E-state index contributed by atoms with van der Waals surface area (Å²) in [6.07, 6.45) is 0. The Labute approximate surface area is 347 Å². The van der Waals surface area contributed by atoms with Crippen molar-refractivity contribution in [2.24, 2.45) is 0 Å². The van der Waals surface area contributed by atoms with Gasteiger partial charge in [-0.2, -0.15) is 0 Å². The van der Waals surface area contributed by atoms with Crippen LogP contribution in [0.4, 0.5) is 34.1 Å². The second-order valence-electron chi connectivity index (χ2n) is 17.4. The predicted octanol–water partition coefficient (Wildman–Crippen LogP) is 15.9. The van der Waals surface area contributed by atoms with Crippen LogP contribution < -0.4 is 9.80 Å². The molecule has 0 N–H and O–H groups in total. The Morgan fingerprint density at radius 3 is 1.53 bits per heavy atom. The number of rotatable bonds is 6. The van der Waals surface area contributed by atoms with Crippen LogP contribution in [0.1, 0.15) is 55.5 Å². The molecule has 9 aromatic carbocycles. The molecule has 0 unspecified atom stereocenters. The Morgan fingerprint density at radius 1 is 0.356 bits per heavy atom. The molecule has 0 radical (unpaired) electrons. The van der Waals surface area contributed by atoms with Crippen LogP contribution in [0.25, 0.3) is 43.8 Å². The summed E-state index contributed by atoms with van der Waals surface area (Å²) < 4.78 is 0. The van der Waals surface area contributed by atoms with E-state index >= 15 is 0 Å². The van der Waals surface area contributed by atoms with E-state index < -0.39 is 0 Å². The van der Waals surface area contributed by atoms with E-state index in [0.29, 0.717) is 0 Å².